The average Bonchev–Trinajstić information content (AvgIpc) is 2.12. The molecule has 0 bridgehead atoms. The van der Waals surface area contributed by atoms with E-state index in [0.29, 0.717) is 0 Å². The van der Waals surface area contributed by atoms with Gasteiger partial charge < -0.3 is 15.6 Å². The van der Waals surface area contributed by atoms with Gasteiger partial charge in [0.25, 0.3) is 0 Å². The zero-order chi connectivity index (χ0) is 10.6. The third-order valence-corrected chi connectivity index (χ3v) is 1.29. The Morgan fingerprint density at radius 3 is 3.07 bits per heavy atom. The first-order chi connectivity index (χ1) is 6.63. The van der Waals surface area contributed by atoms with Crippen molar-refractivity contribution in [3.63, 3.8) is 0 Å². The fourth-order valence-electron chi connectivity index (χ4n) is 0.701. The molecule has 1 heterocycles. The van der Waals surface area contributed by atoms with Crippen LogP contribution in [0.3, 0.4) is 0 Å². The summed E-state index contributed by atoms with van der Waals surface area (Å²) in [6, 6.07) is 0. The number of carbonyl (C=O) groups excluding carboxylic acids is 1. The van der Waals surface area contributed by atoms with Gasteiger partial charge in [-0.3, -0.25) is 5.32 Å². The van der Waals surface area contributed by atoms with Crippen LogP contribution in [0.2, 0.25) is 0 Å². The van der Waals surface area contributed by atoms with Crippen LogP contribution in [0, 0.1) is 0 Å². The van der Waals surface area contributed by atoms with Gasteiger partial charge >= 0.3 is 6.09 Å². The molecular weight excluding hydrogens is 188 g/mol. The SMILES string of the molecule is CCOC(=O)Nc1ncc(N)c(O)n1. The number of aromatic hydroxyl groups is 1. The van der Waals surface area contributed by atoms with Crippen LogP contribution in [-0.2, 0) is 4.74 Å². The molecule has 0 fully saturated rings. The third-order valence-electron chi connectivity index (χ3n) is 1.29. The van der Waals surface area contributed by atoms with E-state index >= 15 is 0 Å². The van der Waals surface area contributed by atoms with Crippen molar-refractivity contribution < 1.29 is 14.6 Å². The number of hydrogen-bond acceptors (Lipinski definition) is 6. The first-order valence-electron chi connectivity index (χ1n) is 3.88. The number of nitrogens with two attached hydrogens (primary N) is 1. The molecule has 0 unspecified atom stereocenters. The van der Waals surface area contributed by atoms with Gasteiger partial charge in [0.1, 0.15) is 5.69 Å². The minimum atomic E-state index is -0.684. The number of aromatic nitrogens is 2. The molecule has 4 N–H and O–H groups in total. The molecule has 0 aliphatic heterocycles. The maximum atomic E-state index is 10.9. The van der Waals surface area contributed by atoms with Crippen LogP contribution < -0.4 is 11.1 Å². The Bertz CT molecular complexity index is 342. The maximum absolute atomic E-state index is 10.9. The Morgan fingerprint density at radius 1 is 1.79 bits per heavy atom. The topological polar surface area (TPSA) is 110 Å². The molecule has 1 rings (SSSR count). The van der Waals surface area contributed by atoms with Crippen LogP contribution in [0.4, 0.5) is 16.4 Å². The summed E-state index contributed by atoms with van der Waals surface area (Å²) in [5.74, 6) is -0.443. The molecule has 76 valence electrons. The van der Waals surface area contributed by atoms with Crippen LogP contribution >= 0.6 is 0 Å². The van der Waals surface area contributed by atoms with Gasteiger partial charge in [0.2, 0.25) is 11.8 Å². The molecule has 1 amide bonds. The Kier molecular flexibility index (Phi) is 3.05. The van der Waals surface area contributed by atoms with Crippen molar-refractivity contribution in [3.8, 4) is 5.88 Å². The van der Waals surface area contributed by atoms with E-state index in [4.69, 9.17) is 10.8 Å². The molecule has 14 heavy (non-hydrogen) atoms. The predicted octanol–water partition coefficient (Wildman–Crippen LogP) is 0.333. The molecular formula is C7H10N4O3. The second kappa shape index (κ2) is 4.26. The van der Waals surface area contributed by atoms with Crippen molar-refractivity contribution >= 4 is 17.7 Å². The van der Waals surface area contributed by atoms with E-state index in [9.17, 15) is 4.79 Å². The van der Waals surface area contributed by atoms with Crippen LogP contribution in [0.5, 0.6) is 5.88 Å². The molecule has 0 spiro atoms. The lowest BCUT2D eigenvalue weighted by molar-refractivity contribution is 0.167. The van der Waals surface area contributed by atoms with Crippen LogP contribution in [0.1, 0.15) is 6.92 Å². The molecule has 0 atom stereocenters. The molecule has 0 aliphatic rings. The van der Waals surface area contributed by atoms with Gasteiger partial charge in [-0.25, -0.2) is 9.78 Å². The van der Waals surface area contributed by atoms with Crippen molar-refractivity contribution in [1.29, 1.82) is 0 Å². The molecule has 0 aromatic carbocycles. The lowest BCUT2D eigenvalue weighted by atomic mass is 10.5. The largest absolute Gasteiger partial charge is 0.492 e. The van der Waals surface area contributed by atoms with Gasteiger partial charge in [-0.1, -0.05) is 0 Å². The van der Waals surface area contributed by atoms with Crippen LogP contribution in [0.25, 0.3) is 0 Å². The van der Waals surface area contributed by atoms with Crippen molar-refractivity contribution in [2.75, 3.05) is 17.7 Å². The van der Waals surface area contributed by atoms with Gasteiger partial charge in [0.05, 0.1) is 12.8 Å². The van der Waals surface area contributed by atoms with Gasteiger partial charge in [0, 0.05) is 0 Å². The number of carbonyl (C=O) groups is 1. The van der Waals surface area contributed by atoms with Crippen molar-refractivity contribution in [2.24, 2.45) is 0 Å². The van der Waals surface area contributed by atoms with Gasteiger partial charge in [-0.05, 0) is 6.92 Å². The molecule has 7 nitrogen and oxygen atoms in total. The molecule has 1 aromatic rings. The summed E-state index contributed by atoms with van der Waals surface area (Å²) in [5, 5.41) is 11.3. The first-order valence-corrected chi connectivity index (χ1v) is 3.88. The Labute approximate surface area is 79.9 Å². The Morgan fingerprint density at radius 2 is 2.50 bits per heavy atom. The number of hydrogen-bond donors (Lipinski definition) is 3. The molecule has 0 saturated heterocycles. The second-order valence-corrected chi connectivity index (χ2v) is 2.32. The minimum absolute atomic E-state index is 0.0411. The average molecular weight is 198 g/mol. The number of nitrogens with one attached hydrogen (secondary N) is 1. The molecule has 1 aromatic heterocycles. The van der Waals surface area contributed by atoms with Crippen LogP contribution in [-0.4, -0.2) is 27.8 Å². The molecule has 0 aliphatic carbocycles. The summed E-state index contributed by atoms with van der Waals surface area (Å²) in [4.78, 5) is 18.0. The number of nitrogens with zero attached hydrogens (tertiary/aromatic N) is 2. The maximum Gasteiger partial charge on any atom is 0.414 e. The number of nitrogen functional groups attached to an aromatic ring is 1. The summed E-state index contributed by atoms with van der Waals surface area (Å²) >= 11 is 0. The highest BCUT2D eigenvalue weighted by atomic mass is 16.5. The standard InChI is InChI=1S/C7H10N4O3/c1-2-14-7(13)11-6-9-3-4(8)5(12)10-6/h3H,2,8H2,1H3,(H2,9,10,11,12,13). The second-order valence-electron chi connectivity index (χ2n) is 2.32. The monoisotopic (exact) mass is 198 g/mol. The quantitative estimate of drug-likeness (QED) is 0.631. The van der Waals surface area contributed by atoms with Crippen molar-refractivity contribution in [3.05, 3.63) is 6.20 Å². The Hall–Kier alpha value is -2.05. The summed E-state index contributed by atoms with van der Waals surface area (Å²) in [7, 11) is 0. The number of anilines is 2. The van der Waals surface area contributed by atoms with E-state index in [1.165, 1.54) is 6.20 Å². The van der Waals surface area contributed by atoms with E-state index in [1.807, 2.05) is 0 Å². The highest BCUT2D eigenvalue weighted by molar-refractivity contribution is 5.82. The Balaban J connectivity index is 2.68. The molecule has 0 radical (unpaired) electrons. The predicted molar refractivity (Wildman–Crippen MR) is 48.8 cm³/mol. The highest BCUT2D eigenvalue weighted by Gasteiger charge is 2.06. The summed E-state index contributed by atoms with van der Waals surface area (Å²) in [5.41, 5.74) is 5.30. The smallest absolute Gasteiger partial charge is 0.414 e. The zero-order valence-corrected chi connectivity index (χ0v) is 7.52. The summed E-state index contributed by atoms with van der Waals surface area (Å²) in [6.07, 6.45) is 0.501. The lowest BCUT2D eigenvalue weighted by Crippen LogP contribution is -2.15. The normalized spacial score (nSPS) is 9.50. The zero-order valence-electron chi connectivity index (χ0n) is 7.52. The van der Waals surface area contributed by atoms with E-state index in [2.05, 4.69) is 20.0 Å². The van der Waals surface area contributed by atoms with Crippen molar-refractivity contribution in [1.82, 2.24) is 9.97 Å². The fourth-order valence-corrected chi connectivity index (χ4v) is 0.701. The fraction of sp³-hybridized carbons (Fsp3) is 0.286. The number of rotatable bonds is 2. The first kappa shape index (κ1) is 10.0. The number of amides is 1. The summed E-state index contributed by atoms with van der Waals surface area (Å²) in [6.45, 7) is 1.91. The minimum Gasteiger partial charge on any atom is -0.492 e. The van der Waals surface area contributed by atoms with Crippen molar-refractivity contribution in [2.45, 2.75) is 6.92 Å². The number of ether oxygens (including phenoxy) is 1. The lowest BCUT2D eigenvalue weighted by Gasteiger charge is -2.03. The molecule has 7 heteroatoms. The van der Waals surface area contributed by atoms with Gasteiger partial charge in [-0.15, -0.1) is 0 Å². The molecule has 0 saturated carbocycles. The van der Waals surface area contributed by atoms with E-state index in [0.717, 1.165) is 0 Å². The third kappa shape index (κ3) is 2.47. The van der Waals surface area contributed by atoms with E-state index in [1.54, 1.807) is 6.92 Å². The van der Waals surface area contributed by atoms with Crippen LogP contribution in [0.15, 0.2) is 6.20 Å². The van der Waals surface area contributed by atoms with Gasteiger partial charge in [-0.2, -0.15) is 4.98 Å². The highest BCUT2D eigenvalue weighted by Crippen LogP contribution is 2.15. The van der Waals surface area contributed by atoms with E-state index in [-0.39, 0.29) is 24.1 Å². The van der Waals surface area contributed by atoms with E-state index < -0.39 is 6.09 Å². The van der Waals surface area contributed by atoms with Gasteiger partial charge in [0.15, 0.2) is 0 Å². The summed E-state index contributed by atoms with van der Waals surface area (Å²) < 4.78 is 4.57.